The number of nitrogens with zero attached hydrogens (tertiary/aromatic N) is 4. The van der Waals surface area contributed by atoms with Crippen LogP contribution in [0.2, 0.25) is 0 Å². The molecule has 4 aromatic rings. The lowest BCUT2D eigenvalue weighted by molar-refractivity contribution is 0.354. The van der Waals surface area contributed by atoms with Crippen LogP contribution in [-0.2, 0) is 6.42 Å². The first-order valence-corrected chi connectivity index (χ1v) is 11.5. The summed E-state index contributed by atoms with van der Waals surface area (Å²) >= 11 is 0. The Morgan fingerprint density at radius 2 is 1.61 bits per heavy atom. The summed E-state index contributed by atoms with van der Waals surface area (Å²) in [6.07, 6.45) is 4.25. The smallest absolute Gasteiger partial charge is 0.231 e. The minimum absolute atomic E-state index is 0.455. The molecule has 4 rings (SSSR count). The number of ether oxygens (including phenoxy) is 2. The molecule has 2 aromatic carbocycles. The Kier molecular flexibility index (Phi) is 8.27. The molecule has 0 fully saturated rings. The molecule has 0 bridgehead atoms. The number of methoxy groups -OCH3 is 2. The largest absolute Gasteiger partial charge is 0.493 e. The molecule has 0 saturated heterocycles. The van der Waals surface area contributed by atoms with E-state index in [1.807, 2.05) is 73.7 Å². The topological polar surface area (TPSA) is 106 Å². The van der Waals surface area contributed by atoms with Crippen molar-refractivity contribution in [2.24, 2.45) is 5.10 Å². The maximum Gasteiger partial charge on any atom is 0.231 e. The molecule has 3 N–H and O–H groups in total. The number of pyridine rings is 1. The summed E-state index contributed by atoms with van der Waals surface area (Å²) in [4.78, 5) is 13.3. The number of anilines is 4. The van der Waals surface area contributed by atoms with Crippen LogP contribution in [0.5, 0.6) is 11.5 Å². The summed E-state index contributed by atoms with van der Waals surface area (Å²) in [5.74, 6) is 3.10. The van der Waals surface area contributed by atoms with E-state index < -0.39 is 0 Å². The van der Waals surface area contributed by atoms with Crippen molar-refractivity contribution in [3.8, 4) is 11.5 Å². The summed E-state index contributed by atoms with van der Waals surface area (Å²) in [6, 6.07) is 21.3. The number of hydrazone groups is 1. The average Bonchev–Trinajstić information content (AvgIpc) is 2.92. The number of nitrogens with one attached hydrogen (secondary N) is 3. The zero-order chi connectivity index (χ0) is 25.2. The second-order valence-corrected chi connectivity index (χ2v) is 7.86. The molecule has 36 heavy (non-hydrogen) atoms. The fraction of sp³-hybridized carbons (Fsp3) is 0.185. The van der Waals surface area contributed by atoms with Gasteiger partial charge in [0.2, 0.25) is 5.95 Å². The van der Waals surface area contributed by atoms with Crippen LogP contribution < -0.4 is 25.5 Å². The predicted octanol–water partition coefficient (Wildman–Crippen LogP) is 5.12. The first-order chi connectivity index (χ1) is 17.6. The van der Waals surface area contributed by atoms with Crippen LogP contribution in [0.4, 0.5) is 23.3 Å². The van der Waals surface area contributed by atoms with E-state index in [9.17, 15) is 0 Å². The first kappa shape index (κ1) is 24.5. The molecule has 184 valence electrons. The van der Waals surface area contributed by atoms with Crippen LogP contribution in [0.1, 0.15) is 18.1 Å². The van der Waals surface area contributed by atoms with E-state index in [-0.39, 0.29) is 0 Å². The van der Waals surface area contributed by atoms with Crippen LogP contribution >= 0.6 is 0 Å². The minimum atomic E-state index is 0.455. The van der Waals surface area contributed by atoms with Crippen LogP contribution in [0.15, 0.2) is 84.2 Å². The van der Waals surface area contributed by atoms with Gasteiger partial charge in [-0.25, -0.2) is 0 Å². The lowest BCUT2D eigenvalue weighted by atomic mass is 10.1. The van der Waals surface area contributed by atoms with Crippen LogP contribution in [-0.4, -0.2) is 41.4 Å². The SMILES string of the molecule is COc1ccc(CCNc2cc(NN=C(C)c3ccncc3)nc(Nc3ccccc3)n2)cc1OC. The van der Waals surface area contributed by atoms with Gasteiger partial charge < -0.3 is 20.1 Å². The van der Waals surface area contributed by atoms with Crippen LogP contribution in [0, 0.1) is 0 Å². The molecule has 0 aliphatic carbocycles. The van der Waals surface area contributed by atoms with Crippen molar-refractivity contribution in [3.05, 3.63) is 90.3 Å². The highest BCUT2D eigenvalue weighted by Crippen LogP contribution is 2.27. The number of para-hydroxylation sites is 1. The van der Waals surface area contributed by atoms with E-state index in [1.54, 1.807) is 26.6 Å². The van der Waals surface area contributed by atoms with E-state index in [2.05, 4.69) is 36.1 Å². The van der Waals surface area contributed by atoms with Gasteiger partial charge in [0.25, 0.3) is 0 Å². The Hall–Kier alpha value is -4.66. The van der Waals surface area contributed by atoms with Crippen molar-refractivity contribution in [2.75, 3.05) is 36.8 Å². The van der Waals surface area contributed by atoms with Gasteiger partial charge >= 0.3 is 0 Å². The van der Waals surface area contributed by atoms with Crippen molar-refractivity contribution in [1.29, 1.82) is 0 Å². The van der Waals surface area contributed by atoms with E-state index in [0.717, 1.165) is 28.9 Å². The second-order valence-electron chi connectivity index (χ2n) is 7.86. The first-order valence-electron chi connectivity index (χ1n) is 11.5. The Morgan fingerprint density at radius 1 is 0.861 bits per heavy atom. The van der Waals surface area contributed by atoms with Gasteiger partial charge in [-0.1, -0.05) is 24.3 Å². The highest BCUT2D eigenvalue weighted by molar-refractivity contribution is 5.98. The lowest BCUT2D eigenvalue weighted by Crippen LogP contribution is -2.10. The minimum Gasteiger partial charge on any atom is -0.493 e. The summed E-state index contributed by atoms with van der Waals surface area (Å²) in [7, 11) is 3.26. The fourth-order valence-electron chi connectivity index (χ4n) is 3.47. The van der Waals surface area contributed by atoms with Crippen LogP contribution in [0.3, 0.4) is 0 Å². The molecule has 0 amide bonds. The average molecular weight is 484 g/mol. The molecule has 0 aliphatic rings. The number of hydrogen-bond donors (Lipinski definition) is 3. The molecule has 0 saturated carbocycles. The van der Waals surface area contributed by atoms with Crippen molar-refractivity contribution >= 4 is 29.0 Å². The number of rotatable bonds is 11. The quantitative estimate of drug-likeness (QED) is 0.199. The number of aromatic nitrogens is 3. The van der Waals surface area contributed by atoms with Crippen molar-refractivity contribution < 1.29 is 9.47 Å². The summed E-state index contributed by atoms with van der Waals surface area (Å²) in [5.41, 5.74) is 6.85. The zero-order valence-corrected chi connectivity index (χ0v) is 20.5. The maximum absolute atomic E-state index is 5.41. The lowest BCUT2D eigenvalue weighted by Gasteiger charge is -2.12. The zero-order valence-electron chi connectivity index (χ0n) is 20.5. The van der Waals surface area contributed by atoms with Gasteiger partial charge in [-0.3, -0.25) is 10.4 Å². The number of benzene rings is 2. The van der Waals surface area contributed by atoms with Crippen molar-refractivity contribution in [3.63, 3.8) is 0 Å². The van der Waals surface area contributed by atoms with E-state index in [4.69, 9.17) is 9.47 Å². The standard InChI is InChI=1S/C27H29N7O2/c1-19(21-12-14-28-15-13-21)33-34-26-18-25(31-27(32-26)30-22-7-5-4-6-8-22)29-16-11-20-9-10-23(35-2)24(17-20)36-3/h4-10,12-15,17-18H,11,16H2,1-3H3,(H3,29,30,31,32,34). The third-order valence-corrected chi connectivity index (χ3v) is 5.36. The van der Waals surface area contributed by atoms with Gasteiger partial charge in [-0.15, -0.1) is 0 Å². The summed E-state index contributed by atoms with van der Waals surface area (Å²) < 4.78 is 10.7. The summed E-state index contributed by atoms with van der Waals surface area (Å²) in [5, 5.41) is 11.1. The molecular formula is C27H29N7O2. The Balaban J connectivity index is 1.50. The Morgan fingerprint density at radius 3 is 2.36 bits per heavy atom. The normalized spacial score (nSPS) is 11.0. The molecule has 0 spiro atoms. The monoisotopic (exact) mass is 483 g/mol. The van der Waals surface area contributed by atoms with E-state index >= 15 is 0 Å². The van der Waals surface area contributed by atoms with Crippen molar-refractivity contribution in [2.45, 2.75) is 13.3 Å². The Labute approximate surface area is 210 Å². The van der Waals surface area contributed by atoms with Gasteiger partial charge in [-0.2, -0.15) is 15.1 Å². The second kappa shape index (κ2) is 12.2. The predicted molar refractivity (Wildman–Crippen MR) is 144 cm³/mol. The van der Waals surface area contributed by atoms with Gasteiger partial charge in [0.1, 0.15) is 5.82 Å². The van der Waals surface area contributed by atoms with Gasteiger partial charge in [0.05, 0.1) is 19.9 Å². The number of hydrogen-bond acceptors (Lipinski definition) is 9. The fourth-order valence-corrected chi connectivity index (χ4v) is 3.47. The summed E-state index contributed by atoms with van der Waals surface area (Å²) in [6.45, 7) is 2.59. The van der Waals surface area contributed by atoms with Gasteiger partial charge in [0.15, 0.2) is 17.3 Å². The molecular weight excluding hydrogens is 454 g/mol. The molecule has 2 aromatic heterocycles. The molecule has 0 aliphatic heterocycles. The highest BCUT2D eigenvalue weighted by Gasteiger charge is 2.08. The van der Waals surface area contributed by atoms with E-state index in [1.165, 1.54) is 0 Å². The maximum atomic E-state index is 5.41. The highest BCUT2D eigenvalue weighted by atomic mass is 16.5. The van der Waals surface area contributed by atoms with Gasteiger partial charge in [0, 0.05) is 36.3 Å². The Bertz CT molecular complexity index is 1300. The molecule has 9 nitrogen and oxygen atoms in total. The molecule has 0 radical (unpaired) electrons. The third-order valence-electron chi connectivity index (χ3n) is 5.36. The van der Waals surface area contributed by atoms with E-state index in [0.29, 0.717) is 35.6 Å². The molecule has 0 atom stereocenters. The van der Waals surface area contributed by atoms with Crippen LogP contribution in [0.25, 0.3) is 0 Å². The van der Waals surface area contributed by atoms with Crippen molar-refractivity contribution in [1.82, 2.24) is 15.0 Å². The molecule has 9 heteroatoms. The third kappa shape index (κ3) is 6.69. The molecule has 2 heterocycles. The molecule has 0 unspecified atom stereocenters. The van der Waals surface area contributed by atoms with Gasteiger partial charge in [-0.05, 0) is 55.3 Å².